The highest BCUT2D eigenvalue weighted by molar-refractivity contribution is 5.79. The molecular formula is C16H23FN2O. The molecule has 1 amide bonds. The van der Waals surface area contributed by atoms with Gasteiger partial charge in [-0.15, -0.1) is 0 Å². The molecule has 1 heterocycles. The van der Waals surface area contributed by atoms with Crippen molar-refractivity contribution in [2.24, 2.45) is 11.8 Å². The van der Waals surface area contributed by atoms with E-state index in [0.29, 0.717) is 5.92 Å². The molecule has 1 saturated heterocycles. The summed E-state index contributed by atoms with van der Waals surface area (Å²) in [6.07, 6.45) is 1.65. The van der Waals surface area contributed by atoms with Crippen LogP contribution in [0.4, 0.5) is 4.39 Å². The Kier molecular flexibility index (Phi) is 5.12. The van der Waals surface area contributed by atoms with Crippen LogP contribution in [0.1, 0.15) is 25.8 Å². The van der Waals surface area contributed by atoms with Crippen molar-refractivity contribution in [2.75, 3.05) is 13.1 Å². The predicted octanol–water partition coefficient (Wildman–Crippen LogP) is 2.12. The number of rotatable bonds is 5. The van der Waals surface area contributed by atoms with Crippen LogP contribution in [-0.4, -0.2) is 25.0 Å². The van der Waals surface area contributed by atoms with E-state index in [1.807, 2.05) is 0 Å². The highest BCUT2D eigenvalue weighted by Crippen LogP contribution is 2.14. The highest BCUT2D eigenvalue weighted by Gasteiger charge is 2.25. The van der Waals surface area contributed by atoms with Crippen molar-refractivity contribution >= 4 is 5.91 Å². The number of carbonyl (C=O) groups is 1. The first-order valence-electron chi connectivity index (χ1n) is 7.32. The van der Waals surface area contributed by atoms with E-state index in [4.69, 9.17) is 0 Å². The van der Waals surface area contributed by atoms with Crippen molar-refractivity contribution in [3.8, 4) is 0 Å². The summed E-state index contributed by atoms with van der Waals surface area (Å²) in [6.45, 7) is 5.89. The molecule has 110 valence electrons. The van der Waals surface area contributed by atoms with E-state index in [2.05, 4.69) is 24.5 Å². The molecule has 0 bridgehead atoms. The SMILES string of the molecule is CC(C)C(Cc1ccc(F)cc1)NC(=O)C1CCNC1. The Balaban J connectivity index is 1.96. The summed E-state index contributed by atoms with van der Waals surface area (Å²) < 4.78 is 12.9. The normalized spacial score (nSPS) is 20.1. The molecule has 0 aromatic heterocycles. The van der Waals surface area contributed by atoms with Gasteiger partial charge in [0, 0.05) is 12.6 Å². The first-order valence-corrected chi connectivity index (χ1v) is 7.32. The Labute approximate surface area is 120 Å². The minimum atomic E-state index is -0.226. The lowest BCUT2D eigenvalue weighted by atomic mass is 9.95. The molecule has 20 heavy (non-hydrogen) atoms. The monoisotopic (exact) mass is 278 g/mol. The van der Waals surface area contributed by atoms with Crippen molar-refractivity contribution < 1.29 is 9.18 Å². The zero-order valence-corrected chi connectivity index (χ0v) is 12.2. The van der Waals surface area contributed by atoms with Crippen molar-refractivity contribution in [2.45, 2.75) is 32.7 Å². The number of hydrogen-bond donors (Lipinski definition) is 2. The highest BCUT2D eigenvalue weighted by atomic mass is 19.1. The van der Waals surface area contributed by atoms with Gasteiger partial charge in [-0.1, -0.05) is 26.0 Å². The van der Waals surface area contributed by atoms with Gasteiger partial charge >= 0.3 is 0 Å². The molecule has 4 heteroatoms. The lowest BCUT2D eigenvalue weighted by molar-refractivity contribution is -0.125. The Bertz CT molecular complexity index is 438. The van der Waals surface area contributed by atoms with Crippen LogP contribution < -0.4 is 10.6 Å². The van der Waals surface area contributed by atoms with Crippen LogP contribution >= 0.6 is 0 Å². The van der Waals surface area contributed by atoms with Gasteiger partial charge in [0.15, 0.2) is 0 Å². The molecule has 0 aliphatic carbocycles. The van der Waals surface area contributed by atoms with E-state index in [1.165, 1.54) is 12.1 Å². The smallest absolute Gasteiger partial charge is 0.224 e. The summed E-state index contributed by atoms with van der Waals surface area (Å²) in [7, 11) is 0. The minimum Gasteiger partial charge on any atom is -0.352 e. The Morgan fingerprint density at radius 3 is 2.65 bits per heavy atom. The first kappa shape index (κ1) is 15.0. The van der Waals surface area contributed by atoms with Gasteiger partial charge < -0.3 is 10.6 Å². The Morgan fingerprint density at radius 2 is 2.10 bits per heavy atom. The number of hydrogen-bond acceptors (Lipinski definition) is 2. The van der Waals surface area contributed by atoms with Gasteiger partial charge in [-0.3, -0.25) is 4.79 Å². The van der Waals surface area contributed by atoms with Crippen LogP contribution in [0.2, 0.25) is 0 Å². The fraction of sp³-hybridized carbons (Fsp3) is 0.562. The molecular weight excluding hydrogens is 255 g/mol. The standard InChI is InChI=1S/C16H23FN2O/c1-11(2)15(9-12-3-5-14(17)6-4-12)19-16(20)13-7-8-18-10-13/h3-6,11,13,15,18H,7-10H2,1-2H3,(H,19,20). The van der Waals surface area contributed by atoms with Gasteiger partial charge in [0.05, 0.1) is 5.92 Å². The van der Waals surface area contributed by atoms with Gasteiger partial charge in [-0.05, 0) is 43.0 Å². The van der Waals surface area contributed by atoms with Gasteiger partial charge in [0.25, 0.3) is 0 Å². The molecule has 0 spiro atoms. The number of carbonyl (C=O) groups excluding carboxylic acids is 1. The van der Waals surface area contributed by atoms with E-state index in [1.54, 1.807) is 12.1 Å². The second-order valence-corrected chi connectivity index (χ2v) is 5.88. The van der Waals surface area contributed by atoms with Gasteiger partial charge in [0.2, 0.25) is 5.91 Å². The lowest BCUT2D eigenvalue weighted by Crippen LogP contribution is -2.43. The van der Waals surface area contributed by atoms with Crippen LogP contribution in [0.25, 0.3) is 0 Å². The lowest BCUT2D eigenvalue weighted by Gasteiger charge is -2.24. The van der Waals surface area contributed by atoms with Crippen molar-refractivity contribution in [3.63, 3.8) is 0 Å². The van der Waals surface area contributed by atoms with Crippen molar-refractivity contribution in [1.29, 1.82) is 0 Å². The molecule has 1 aromatic rings. The van der Waals surface area contributed by atoms with E-state index >= 15 is 0 Å². The Morgan fingerprint density at radius 1 is 1.40 bits per heavy atom. The predicted molar refractivity (Wildman–Crippen MR) is 77.8 cm³/mol. The third-order valence-corrected chi connectivity index (χ3v) is 3.93. The molecule has 2 N–H and O–H groups in total. The maximum absolute atomic E-state index is 12.9. The van der Waals surface area contributed by atoms with E-state index in [-0.39, 0.29) is 23.7 Å². The maximum atomic E-state index is 12.9. The molecule has 2 atom stereocenters. The van der Waals surface area contributed by atoms with Gasteiger partial charge in [-0.25, -0.2) is 4.39 Å². The number of amides is 1. The van der Waals surface area contributed by atoms with E-state index in [9.17, 15) is 9.18 Å². The van der Waals surface area contributed by atoms with Gasteiger partial charge in [-0.2, -0.15) is 0 Å². The van der Waals surface area contributed by atoms with Crippen LogP contribution in [0.15, 0.2) is 24.3 Å². The fourth-order valence-electron chi connectivity index (χ4n) is 2.51. The molecule has 1 aliphatic rings. The number of halogens is 1. The third kappa shape index (κ3) is 4.04. The fourth-order valence-corrected chi connectivity index (χ4v) is 2.51. The molecule has 0 radical (unpaired) electrons. The Hall–Kier alpha value is -1.42. The van der Waals surface area contributed by atoms with Gasteiger partial charge in [0.1, 0.15) is 5.82 Å². The molecule has 3 nitrogen and oxygen atoms in total. The van der Waals surface area contributed by atoms with Crippen molar-refractivity contribution in [3.05, 3.63) is 35.6 Å². The molecule has 1 aromatic carbocycles. The summed E-state index contributed by atoms with van der Waals surface area (Å²) in [6, 6.07) is 6.60. The summed E-state index contributed by atoms with van der Waals surface area (Å²) in [5.41, 5.74) is 1.05. The number of benzene rings is 1. The van der Waals surface area contributed by atoms with Crippen LogP contribution in [0, 0.1) is 17.7 Å². The molecule has 1 fully saturated rings. The van der Waals surface area contributed by atoms with E-state index < -0.39 is 0 Å². The van der Waals surface area contributed by atoms with E-state index in [0.717, 1.165) is 31.5 Å². The molecule has 1 aliphatic heterocycles. The summed E-state index contributed by atoms with van der Waals surface area (Å²) in [5, 5.41) is 6.36. The van der Waals surface area contributed by atoms with Crippen LogP contribution in [-0.2, 0) is 11.2 Å². The van der Waals surface area contributed by atoms with Crippen LogP contribution in [0.3, 0.4) is 0 Å². The average Bonchev–Trinajstić information content (AvgIpc) is 2.94. The minimum absolute atomic E-state index is 0.0875. The van der Waals surface area contributed by atoms with Crippen molar-refractivity contribution in [1.82, 2.24) is 10.6 Å². The third-order valence-electron chi connectivity index (χ3n) is 3.93. The summed E-state index contributed by atoms with van der Waals surface area (Å²) in [5.74, 6) is 0.342. The molecule has 2 unspecified atom stereocenters. The number of nitrogens with one attached hydrogen (secondary N) is 2. The second kappa shape index (κ2) is 6.84. The molecule has 2 rings (SSSR count). The largest absolute Gasteiger partial charge is 0.352 e. The summed E-state index contributed by atoms with van der Waals surface area (Å²) >= 11 is 0. The molecule has 0 saturated carbocycles. The second-order valence-electron chi connectivity index (χ2n) is 5.88. The summed E-state index contributed by atoms with van der Waals surface area (Å²) in [4.78, 5) is 12.2. The quantitative estimate of drug-likeness (QED) is 0.866. The average molecular weight is 278 g/mol. The topological polar surface area (TPSA) is 41.1 Å². The zero-order chi connectivity index (χ0) is 14.5. The first-order chi connectivity index (χ1) is 9.56. The maximum Gasteiger partial charge on any atom is 0.224 e. The van der Waals surface area contributed by atoms with Crippen LogP contribution in [0.5, 0.6) is 0 Å². The zero-order valence-electron chi connectivity index (χ0n) is 12.2.